The van der Waals surface area contributed by atoms with E-state index in [4.69, 9.17) is 4.98 Å². The van der Waals surface area contributed by atoms with Gasteiger partial charge in [-0.25, -0.2) is 4.98 Å². The fraction of sp³-hybridized carbons (Fsp3) is 0.167. The second-order valence-corrected chi connectivity index (χ2v) is 4.88. The van der Waals surface area contributed by atoms with E-state index in [0.717, 1.165) is 28.9 Å². The van der Waals surface area contributed by atoms with Crippen molar-refractivity contribution in [2.45, 2.75) is 13.3 Å². The number of aryl methyl sites for hydroxylation is 1. The van der Waals surface area contributed by atoms with Crippen molar-refractivity contribution in [1.29, 1.82) is 0 Å². The molecule has 0 unspecified atom stereocenters. The fourth-order valence-corrected chi connectivity index (χ4v) is 2.46. The molecule has 0 bridgehead atoms. The number of rotatable bonds is 3. The van der Waals surface area contributed by atoms with Crippen molar-refractivity contribution in [2.24, 2.45) is 0 Å². The summed E-state index contributed by atoms with van der Waals surface area (Å²) in [5, 5.41) is 4.48. The van der Waals surface area contributed by atoms with Gasteiger partial charge < -0.3 is 5.32 Å². The van der Waals surface area contributed by atoms with Gasteiger partial charge in [0.25, 0.3) is 0 Å². The molecule has 0 aliphatic carbocycles. The molecule has 0 atom stereocenters. The van der Waals surface area contributed by atoms with Gasteiger partial charge in [-0.15, -0.1) is 0 Å². The number of anilines is 1. The molecule has 100 valence electrons. The standard InChI is InChI=1S/C18H18N2/c1-3-13-9-10-16-15(11-13)18(19-2)12-17(20-16)14-7-5-4-6-8-14/h4-12H,3H2,1-2H3,(H,19,20). The zero-order valence-corrected chi connectivity index (χ0v) is 11.9. The van der Waals surface area contributed by atoms with E-state index < -0.39 is 0 Å². The van der Waals surface area contributed by atoms with Crippen molar-refractivity contribution in [2.75, 3.05) is 12.4 Å². The Balaban J connectivity index is 2.22. The normalized spacial score (nSPS) is 10.7. The molecule has 1 aromatic heterocycles. The predicted molar refractivity (Wildman–Crippen MR) is 86.1 cm³/mol. The third kappa shape index (κ3) is 2.25. The van der Waals surface area contributed by atoms with Crippen molar-refractivity contribution in [1.82, 2.24) is 4.98 Å². The number of pyridine rings is 1. The van der Waals surface area contributed by atoms with Gasteiger partial charge in [0.2, 0.25) is 0 Å². The maximum atomic E-state index is 4.79. The minimum absolute atomic E-state index is 1.01. The van der Waals surface area contributed by atoms with Crippen molar-refractivity contribution in [3.63, 3.8) is 0 Å². The van der Waals surface area contributed by atoms with Crippen LogP contribution in [0.3, 0.4) is 0 Å². The Morgan fingerprint density at radius 1 is 1.00 bits per heavy atom. The van der Waals surface area contributed by atoms with Crippen molar-refractivity contribution < 1.29 is 0 Å². The number of hydrogen-bond donors (Lipinski definition) is 1. The molecule has 3 aromatic rings. The molecule has 0 radical (unpaired) electrons. The molecular weight excluding hydrogens is 244 g/mol. The van der Waals surface area contributed by atoms with E-state index in [1.165, 1.54) is 10.9 Å². The minimum atomic E-state index is 1.01. The monoisotopic (exact) mass is 262 g/mol. The Morgan fingerprint density at radius 2 is 1.80 bits per heavy atom. The highest BCUT2D eigenvalue weighted by Crippen LogP contribution is 2.28. The number of hydrogen-bond acceptors (Lipinski definition) is 2. The molecular formula is C18H18N2. The molecule has 2 heteroatoms. The van der Waals surface area contributed by atoms with Crippen molar-refractivity contribution in [3.05, 3.63) is 60.2 Å². The highest BCUT2D eigenvalue weighted by atomic mass is 14.8. The lowest BCUT2D eigenvalue weighted by Gasteiger charge is -2.10. The SMILES string of the molecule is CCc1ccc2nc(-c3ccccc3)cc(NC)c2c1. The van der Waals surface area contributed by atoms with E-state index in [9.17, 15) is 0 Å². The van der Waals surface area contributed by atoms with Gasteiger partial charge in [0, 0.05) is 23.7 Å². The third-order valence-corrected chi connectivity index (χ3v) is 3.62. The highest BCUT2D eigenvalue weighted by molar-refractivity contribution is 5.94. The first-order valence-electron chi connectivity index (χ1n) is 6.98. The van der Waals surface area contributed by atoms with Gasteiger partial charge in [-0.05, 0) is 30.2 Å². The first kappa shape index (κ1) is 12.7. The Morgan fingerprint density at radius 3 is 2.50 bits per heavy atom. The first-order valence-corrected chi connectivity index (χ1v) is 6.98. The maximum Gasteiger partial charge on any atom is 0.0730 e. The van der Waals surface area contributed by atoms with Crippen LogP contribution in [0.1, 0.15) is 12.5 Å². The highest BCUT2D eigenvalue weighted by Gasteiger charge is 2.07. The molecule has 0 saturated heterocycles. The lowest BCUT2D eigenvalue weighted by atomic mass is 10.0. The van der Waals surface area contributed by atoms with E-state index in [1.54, 1.807) is 0 Å². The van der Waals surface area contributed by atoms with Crippen LogP contribution in [0.4, 0.5) is 5.69 Å². The Bertz CT molecular complexity index is 733. The summed E-state index contributed by atoms with van der Waals surface area (Å²) in [5.74, 6) is 0. The lowest BCUT2D eigenvalue weighted by Crippen LogP contribution is -1.95. The van der Waals surface area contributed by atoms with E-state index in [2.05, 4.69) is 48.6 Å². The molecule has 2 nitrogen and oxygen atoms in total. The predicted octanol–water partition coefficient (Wildman–Crippen LogP) is 4.51. The van der Waals surface area contributed by atoms with Crippen LogP contribution < -0.4 is 5.32 Å². The summed E-state index contributed by atoms with van der Waals surface area (Å²) < 4.78 is 0. The second kappa shape index (κ2) is 5.33. The lowest BCUT2D eigenvalue weighted by molar-refractivity contribution is 1.14. The summed E-state index contributed by atoms with van der Waals surface area (Å²) in [5.41, 5.74) is 5.65. The van der Waals surface area contributed by atoms with Gasteiger partial charge in [-0.3, -0.25) is 0 Å². The van der Waals surface area contributed by atoms with Crippen LogP contribution in [0.5, 0.6) is 0 Å². The third-order valence-electron chi connectivity index (χ3n) is 3.62. The molecule has 3 rings (SSSR count). The van der Waals surface area contributed by atoms with Gasteiger partial charge >= 0.3 is 0 Å². The average Bonchev–Trinajstić information content (AvgIpc) is 2.54. The summed E-state index contributed by atoms with van der Waals surface area (Å²) in [6.45, 7) is 2.17. The molecule has 0 aliphatic rings. The van der Waals surface area contributed by atoms with E-state index in [-0.39, 0.29) is 0 Å². The fourth-order valence-electron chi connectivity index (χ4n) is 2.46. The van der Waals surface area contributed by atoms with Crippen LogP contribution in [0.15, 0.2) is 54.6 Å². The number of fused-ring (bicyclic) bond motifs is 1. The van der Waals surface area contributed by atoms with E-state index >= 15 is 0 Å². The molecule has 0 spiro atoms. The summed E-state index contributed by atoms with van der Waals surface area (Å²) in [4.78, 5) is 4.79. The second-order valence-electron chi connectivity index (χ2n) is 4.88. The molecule has 0 amide bonds. The minimum Gasteiger partial charge on any atom is -0.388 e. The van der Waals surface area contributed by atoms with Gasteiger partial charge in [-0.1, -0.05) is 43.3 Å². The Hall–Kier alpha value is -2.35. The van der Waals surface area contributed by atoms with Crippen LogP contribution in [-0.4, -0.2) is 12.0 Å². The molecule has 1 heterocycles. The maximum absolute atomic E-state index is 4.79. The largest absolute Gasteiger partial charge is 0.388 e. The van der Waals surface area contributed by atoms with Crippen LogP contribution in [-0.2, 0) is 6.42 Å². The average molecular weight is 262 g/mol. The summed E-state index contributed by atoms with van der Waals surface area (Å²) in [6.07, 6.45) is 1.04. The van der Waals surface area contributed by atoms with Crippen LogP contribution in [0.2, 0.25) is 0 Å². The van der Waals surface area contributed by atoms with E-state index in [0.29, 0.717) is 0 Å². The summed E-state index contributed by atoms with van der Waals surface area (Å²) in [7, 11) is 1.96. The first-order chi connectivity index (χ1) is 9.81. The van der Waals surface area contributed by atoms with Crippen LogP contribution >= 0.6 is 0 Å². The Labute approximate surface area is 119 Å². The van der Waals surface area contributed by atoms with E-state index in [1.807, 2.05) is 25.2 Å². The molecule has 2 aromatic carbocycles. The Kier molecular flexibility index (Phi) is 3.38. The number of aromatic nitrogens is 1. The smallest absolute Gasteiger partial charge is 0.0730 e. The summed E-state index contributed by atoms with van der Waals surface area (Å²) >= 11 is 0. The van der Waals surface area contributed by atoms with Gasteiger partial charge in [0.15, 0.2) is 0 Å². The number of benzene rings is 2. The van der Waals surface area contributed by atoms with Crippen LogP contribution in [0.25, 0.3) is 22.2 Å². The van der Waals surface area contributed by atoms with Gasteiger partial charge in [0.05, 0.1) is 11.2 Å². The molecule has 1 N–H and O–H groups in total. The topological polar surface area (TPSA) is 24.9 Å². The van der Waals surface area contributed by atoms with Crippen molar-refractivity contribution >= 4 is 16.6 Å². The van der Waals surface area contributed by atoms with Crippen LogP contribution in [0, 0.1) is 0 Å². The molecule has 20 heavy (non-hydrogen) atoms. The number of nitrogens with zero attached hydrogens (tertiary/aromatic N) is 1. The quantitative estimate of drug-likeness (QED) is 0.751. The number of nitrogens with one attached hydrogen (secondary N) is 1. The summed E-state index contributed by atoms with van der Waals surface area (Å²) in [6, 6.07) is 18.9. The zero-order valence-electron chi connectivity index (χ0n) is 11.9. The van der Waals surface area contributed by atoms with Gasteiger partial charge in [-0.2, -0.15) is 0 Å². The molecule has 0 saturated carbocycles. The zero-order chi connectivity index (χ0) is 13.9. The van der Waals surface area contributed by atoms with Crippen molar-refractivity contribution in [3.8, 4) is 11.3 Å². The molecule has 0 aliphatic heterocycles. The molecule has 0 fully saturated rings. The van der Waals surface area contributed by atoms with Gasteiger partial charge in [0.1, 0.15) is 0 Å².